The zero-order chi connectivity index (χ0) is 21.1. The molecule has 5 heteroatoms. The molecule has 1 amide bonds. The first-order valence-electron chi connectivity index (χ1n) is 10.2. The summed E-state index contributed by atoms with van der Waals surface area (Å²) in [4.78, 5) is 17.1. The summed E-state index contributed by atoms with van der Waals surface area (Å²) in [5.74, 6) is -0.677. The van der Waals surface area contributed by atoms with Gasteiger partial charge in [0.05, 0.1) is 6.04 Å². The van der Waals surface area contributed by atoms with Crippen molar-refractivity contribution < 1.29 is 9.18 Å². The monoisotopic (exact) mass is 403 g/mol. The number of para-hydroxylation sites is 1. The van der Waals surface area contributed by atoms with Gasteiger partial charge in [-0.15, -0.1) is 0 Å². The molecule has 1 aliphatic rings. The van der Waals surface area contributed by atoms with Gasteiger partial charge >= 0.3 is 0 Å². The Morgan fingerprint density at radius 1 is 1.07 bits per heavy atom. The lowest BCUT2D eigenvalue weighted by Gasteiger charge is -2.31. The van der Waals surface area contributed by atoms with E-state index in [1.54, 1.807) is 12.1 Å². The van der Waals surface area contributed by atoms with Gasteiger partial charge in [-0.05, 0) is 53.9 Å². The summed E-state index contributed by atoms with van der Waals surface area (Å²) in [6.45, 7) is 1.33. The van der Waals surface area contributed by atoms with Gasteiger partial charge in [0, 0.05) is 44.1 Å². The molecule has 0 saturated carbocycles. The molecule has 1 N–H and O–H groups in total. The van der Waals surface area contributed by atoms with Crippen molar-refractivity contribution in [3.05, 3.63) is 95.3 Å². The van der Waals surface area contributed by atoms with Crippen LogP contribution in [-0.2, 0) is 6.42 Å². The first-order chi connectivity index (χ1) is 14.5. The molecule has 1 unspecified atom stereocenters. The highest BCUT2D eigenvalue weighted by molar-refractivity contribution is 5.94. The summed E-state index contributed by atoms with van der Waals surface area (Å²) in [6.07, 6.45) is 0.986. The Labute approximate surface area is 176 Å². The fourth-order valence-corrected chi connectivity index (χ4v) is 4.01. The lowest BCUT2D eigenvalue weighted by molar-refractivity contribution is 0.0950. The van der Waals surface area contributed by atoms with Crippen molar-refractivity contribution in [3.63, 3.8) is 0 Å². The Balaban J connectivity index is 1.60. The van der Waals surface area contributed by atoms with Crippen LogP contribution in [0.1, 0.15) is 27.5 Å². The summed E-state index contributed by atoms with van der Waals surface area (Å²) in [5.41, 5.74) is 5.13. The zero-order valence-corrected chi connectivity index (χ0v) is 17.3. The molecule has 154 valence electrons. The second kappa shape index (κ2) is 8.57. The summed E-state index contributed by atoms with van der Waals surface area (Å²) in [5, 5.41) is 3.01. The molecule has 0 saturated heterocycles. The van der Waals surface area contributed by atoms with Crippen molar-refractivity contribution >= 4 is 17.3 Å². The van der Waals surface area contributed by atoms with E-state index in [0.717, 1.165) is 24.2 Å². The molecule has 1 aliphatic heterocycles. The molecule has 0 spiro atoms. The highest BCUT2D eigenvalue weighted by atomic mass is 19.1. The van der Waals surface area contributed by atoms with Gasteiger partial charge in [-0.3, -0.25) is 4.79 Å². The van der Waals surface area contributed by atoms with Gasteiger partial charge in [0.25, 0.3) is 5.91 Å². The predicted octanol–water partition coefficient (Wildman–Crippen LogP) is 4.43. The van der Waals surface area contributed by atoms with E-state index in [9.17, 15) is 9.18 Å². The van der Waals surface area contributed by atoms with Gasteiger partial charge in [0.15, 0.2) is 0 Å². The number of fused-ring (bicyclic) bond motifs is 1. The number of halogens is 1. The fourth-order valence-electron chi connectivity index (χ4n) is 4.01. The Morgan fingerprint density at radius 2 is 1.83 bits per heavy atom. The van der Waals surface area contributed by atoms with E-state index < -0.39 is 5.82 Å². The van der Waals surface area contributed by atoms with Gasteiger partial charge < -0.3 is 15.1 Å². The Hall–Kier alpha value is -3.34. The average Bonchev–Trinajstić information content (AvgIpc) is 3.18. The highest BCUT2D eigenvalue weighted by Crippen LogP contribution is 2.35. The molecule has 0 fully saturated rings. The third-order valence-corrected chi connectivity index (χ3v) is 5.64. The van der Waals surface area contributed by atoms with Crippen LogP contribution in [0.5, 0.6) is 0 Å². The molecule has 4 rings (SSSR count). The summed E-state index contributed by atoms with van der Waals surface area (Å²) < 4.78 is 13.5. The maximum Gasteiger partial charge on any atom is 0.251 e. The standard InChI is InChI=1S/C25H26FN3O/c1-28(2)22-12-10-19(11-13-22)24(29-15-14-18-6-3-4-9-23(18)29)17-27-25(30)20-7-5-8-21(26)16-20/h3-13,16,24H,14-15,17H2,1-2H3,(H,27,30). The highest BCUT2D eigenvalue weighted by Gasteiger charge is 2.27. The minimum Gasteiger partial charge on any atom is -0.378 e. The number of hydrogen-bond acceptors (Lipinski definition) is 3. The van der Waals surface area contributed by atoms with E-state index in [2.05, 4.69) is 63.6 Å². The Morgan fingerprint density at radius 3 is 2.57 bits per heavy atom. The lowest BCUT2D eigenvalue weighted by atomic mass is 10.0. The second-order valence-corrected chi connectivity index (χ2v) is 7.79. The lowest BCUT2D eigenvalue weighted by Crippen LogP contribution is -2.37. The van der Waals surface area contributed by atoms with Gasteiger partial charge in [0.2, 0.25) is 0 Å². The smallest absolute Gasteiger partial charge is 0.251 e. The molecule has 0 radical (unpaired) electrons. The van der Waals surface area contributed by atoms with Crippen molar-refractivity contribution in [1.82, 2.24) is 5.32 Å². The molecule has 1 atom stereocenters. The van der Waals surface area contributed by atoms with Crippen LogP contribution < -0.4 is 15.1 Å². The number of nitrogens with one attached hydrogen (secondary N) is 1. The largest absolute Gasteiger partial charge is 0.378 e. The number of hydrogen-bond donors (Lipinski definition) is 1. The maximum atomic E-state index is 13.5. The molecule has 0 aromatic heterocycles. The van der Waals surface area contributed by atoms with Crippen LogP contribution in [0.25, 0.3) is 0 Å². The molecule has 0 aliphatic carbocycles. The molecular formula is C25H26FN3O. The van der Waals surface area contributed by atoms with Gasteiger partial charge in [0.1, 0.15) is 5.82 Å². The third-order valence-electron chi connectivity index (χ3n) is 5.64. The van der Waals surface area contributed by atoms with E-state index in [1.165, 1.54) is 23.4 Å². The molecule has 3 aromatic carbocycles. The molecule has 1 heterocycles. The Bertz CT molecular complexity index is 1030. The SMILES string of the molecule is CN(C)c1ccc(C(CNC(=O)c2cccc(F)c2)N2CCc3ccccc32)cc1. The first-order valence-corrected chi connectivity index (χ1v) is 10.2. The van der Waals surface area contributed by atoms with Crippen molar-refractivity contribution in [3.8, 4) is 0 Å². The number of benzene rings is 3. The molecule has 0 bridgehead atoms. The number of rotatable bonds is 6. The van der Waals surface area contributed by atoms with E-state index >= 15 is 0 Å². The quantitative estimate of drug-likeness (QED) is 0.662. The van der Waals surface area contributed by atoms with Crippen molar-refractivity contribution in [2.45, 2.75) is 12.5 Å². The fraction of sp³-hybridized carbons (Fsp3) is 0.240. The molecular weight excluding hydrogens is 377 g/mol. The number of carbonyl (C=O) groups excluding carboxylic acids is 1. The second-order valence-electron chi connectivity index (χ2n) is 7.79. The Kier molecular flexibility index (Phi) is 5.70. The molecule has 30 heavy (non-hydrogen) atoms. The number of amides is 1. The maximum absolute atomic E-state index is 13.5. The van der Waals surface area contributed by atoms with Crippen molar-refractivity contribution in [1.29, 1.82) is 0 Å². The van der Waals surface area contributed by atoms with E-state index in [0.29, 0.717) is 12.1 Å². The first kappa shape index (κ1) is 20.0. The van der Waals surface area contributed by atoms with Crippen LogP contribution >= 0.6 is 0 Å². The summed E-state index contributed by atoms with van der Waals surface area (Å²) in [6, 6.07) is 22.6. The van der Waals surface area contributed by atoms with Crippen molar-refractivity contribution in [2.75, 3.05) is 37.0 Å². The van der Waals surface area contributed by atoms with Crippen molar-refractivity contribution in [2.24, 2.45) is 0 Å². The zero-order valence-electron chi connectivity index (χ0n) is 17.3. The van der Waals surface area contributed by atoms with Gasteiger partial charge in [-0.25, -0.2) is 4.39 Å². The van der Waals surface area contributed by atoms with Crippen LogP contribution in [0.15, 0.2) is 72.8 Å². The minimum absolute atomic E-state index is 0.0117. The predicted molar refractivity (Wildman–Crippen MR) is 120 cm³/mol. The van der Waals surface area contributed by atoms with Gasteiger partial charge in [-0.2, -0.15) is 0 Å². The number of anilines is 2. The third kappa shape index (κ3) is 4.15. The van der Waals surface area contributed by atoms with Crippen LogP contribution in [0.3, 0.4) is 0 Å². The number of nitrogens with zero attached hydrogens (tertiary/aromatic N) is 2. The molecule has 4 nitrogen and oxygen atoms in total. The van der Waals surface area contributed by atoms with Crippen LogP contribution in [0.2, 0.25) is 0 Å². The summed E-state index contributed by atoms with van der Waals surface area (Å²) in [7, 11) is 4.03. The number of carbonyl (C=O) groups is 1. The minimum atomic E-state index is -0.410. The summed E-state index contributed by atoms with van der Waals surface area (Å²) >= 11 is 0. The normalized spacial score (nSPS) is 13.6. The molecule has 3 aromatic rings. The van der Waals surface area contributed by atoms with E-state index in [4.69, 9.17) is 0 Å². The average molecular weight is 404 g/mol. The van der Waals surface area contributed by atoms with Crippen LogP contribution in [0, 0.1) is 5.82 Å². The van der Waals surface area contributed by atoms with E-state index in [1.807, 2.05) is 14.1 Å². The van der Waals surface area contributed by atoms with Crippen LogP contribution in [-0.4, -0.2) is 33.1 Å². The van der Waals surface area contributed by atoms with E-state index in [-0.39, 0.29) is 11.9 Å². The van der Waals surface area contributed by atoms with Crippen LogP contribution in [0.4, 0.5) is 15.8 Å². The topological polar surface area (TPSA) is 35.6 Å². The van der Waals surface area contributed by atoms with Gasteiger partial charge in [-0.1, -0.05) is 36.4 Å².